The zero-order valence-electron chi connectivity index (χ0n) is 11.5. The van der Waals surface area contributed by atoms with E-state index in [2.05, 4.69) is 12.1 Å². The highest BCUT2D eigenvalue weighted by Gasteiger charge is 2.06. The molecule has 0 unspecified atom stereocenters. The molecule has 3 nitrogen and oxygen atoms in total. The molecule has 0 fully saturated rings. The third-order valence-electron chi connectivity index (χ3n) is 2.61. The molecular weight excluding hydrogens is 238 g/mol. The number of rotatable bonds is 3. The van der Waals surface area contributed by atoms with Crippen molar-refractivity contribution >= 4 is 5.69 Å². The summed E-state index contributed by atoms with van der Waals surface area (Å²) >= 11 is 0. The van der Waals surface area contributed by atoms with E-state index in [1.54, 1.807) is 14.0 Å². The highest BCUT2D eigenvalue weighted by molar-refractivity contribution is 5.55. The number of hydrogen-bond acceptors (Lipinski definition) is 3. The van der Waals surface area contributed by atoms with E-state index >= 15 is 0 Å². The van der Waals surface area contributed by atoms with E-state index in [9.17, 15) is 0 Å². The largest absolute Gasteiger partial charge is 0.496 e. The SMILES string of the molecule is CCO.COc1cccc(N)c1Cc1ccccc1. The number of benzene rings is 2. The molecule has 102 valence electrons. The number of nitrogen functional groups attached to an aromatic ring is 1. The Morgan fingerprint density at radius 3 is 2.26 bits per heavy atom. The van der Waals surface area contributed by atoms with Gasteiger partial charge in [0.05, 0.1) is 7.11 Å². The lowest BCUT2D eigenvalue weighted by Crippen LogP contribution is -1.99. The van der Waals surface area contributed by atoms with Crippen LogP contribution in [0.1, 0.15) is 18.1 Å². The van der Waals surface area contributed by atoms with Crippen LogP contribution in [0.4, 0.5) is 5.69 Å². The van der Waals surface area contributed by atoms with Crippen LogP contribution in [0.25, 0.3) is 0 Å². The highest BCUT2D eigenvalue weighted by atomic mass is 16.5. The molecule has 0 saturated heterocycles. The summed E-state index contributed by atoms with van der Waals surface area (Å²) in [7, 11) is 1.67. The van der Waals surface area contributed by atoms with E-state index in [0.717, 1.165) is 23.4 Å². The Hall–Kier alpha value is -2.00. The first-order valence-electron chi connectivity index (χ1n) is 6.29. The number of hydrogen-bond donors (Lipinski definition) is 2. The zero-order chi connectivity index (χ0) is 14.1. The average molecular weight is 259 g/mol. The van der Waals surface area contributed by atoms with E-state index < -0.39 is 0 Å². The molecule has 0 spiro atoms. The Morgan fingerprint density at radius 1 is 1.05 bits per heavy atom. The van der Waals surface area contributed by atoms with Gasteiger partial charge in [0.1, 0.15) is 5.75 Å². The second-order valence-corrected chi connectivity index (χ2v) is 4.01. The lowest BCUT2D eigenvalue weighted by atomic mass is 10.0. The van der Waals surface area contributed by atoms with Crippen LogP contribution in [0, 0.1) is 0 Å². The molecular formula is C16H21NO2. The molecule has 0 heterocycles. The number of aliphatic hydroxyl groups excluding tert-OH is 1. The number of methoxy groups -OCH3 is 1. The smallest absolute Gasteiger partial charge is 0.124 e. The first-order chi connectivity index (χ1) is 9.22. The fourth-order valence-corrected chi connectivity index (χ4v) is 1.76. The summed E-state index contributed by atoms with van der Waals surface area (Å²) in [4.78, 5) is 0. The van der Waals surface area contributed by atoms with Crippen molar-refractivity contribution in [1.82, 2.24) is 0 Å². The van der Waals surface area contributed by atoms with E-state index in [-0.39, 0.29) is 6.61 Å². The van der Waals surface area contributed by atoms with Crippen LogP contribution < -0.4 is 10.5 Å². The van der Waals surface area contributed by atoms with Crippen molar-refractivity contribution < 1.29 is 9.84 Å². The van der Waals surface area contributed by atoms with Gasteiger partial charge in [0.15, 0.2) is 0 Å². The summed E-state index contributed by atoms with van der Waals surface area (Å²) in [6.07, 6.45) is 0.802. The molecule has 19 heavy (non-hydrogen) atoms. The Morgan fingerprint density at radius 2 is 1.68 bits per heavy atom. The molecule has 2 aromatic rings. The van der Waals surface area contributed by atoms with Gasteiger partial charge in [-0.3, -0.25) is 0 Å². The molecule has 0 atom stereocenters. The molecule has 0 bridgehead atoms. The van der Waals surface area contributed by atoms with Gasteiger partial charge in [-0.05, 0) is 24.6 Å². The molecule has 0 radical (unpaired) electrons. The lowest BCUT2D eigenvalue weighted by molar-refractivity contribution is 0.318. The van der Waals surface area contributed by atoms with Crippen molar-refractivity contribution in [2.24, 2.45) is 0 Å². The molecule has 0 saturated carbocycles. The normalized spacial score (nSPS) is 9.42. The maximum Gasteiger partial charge on any atom is 0.124 e. The fraction of sp³-hybridized carbons (Fsp3) is 0.250. The van der Waals surface area contributed by atoms with Gasteiger partial charge in [0, 0.05) is 24.3 Å². The quantitative estimate of drug-likeness (QED) is 0.833. The minimum absolute atomic E-state index is 0.250. The Balaban J connectivity index is 0.000000550. The molecule has 0 aliphatic carbocycles. The summed E-state index contributed by atoms with van der Waals surface area (Å²) in [5.41, 5.74) is 9.03. The summed E-state index contributed by atoms with van der Waals surface area (Å²) in [6, 6.07) is 16.0. The van der Waals surface area contributed by atoms with Crippen molar-refractivity contribution in [3.63, 3.8) is 0 Å². The monoisotopic (exact) mass is 259 g/mol. The van der Waals surface area contributed by atoms with Gasteiger partial charge in [0.25, 0.3) is 0 Å². The Kier molecular flexibility index (Phi) is 6.47. The van der Waals surface area contributed by atoms with Crippen LogP contribution in [-0.2, 0) is 6.42 Å². The van der Waals surface area contributed by atoms with Gasteiger partial charge >= 0.3 is 0 Å². The average Bonchev–Trinajstić information content (AvgIpc) is 2.43. The van der Waals surface area contributed by atoms with Crippen LogP contribution >= 0.6 is 0 Å². The highest BCUT2D eigenvalue weighted by Crippen LogP contribution is 2.26. The van der Waals surface area contributed by atoms with E-state index in [1.807, 2.05) is 36.4 Å². The summed E-state index contributed by atoms with van der Waals surface area (Å²) < 4.78 is 5.32. The standard InChI is InChI=1S/C14H15NO.C2H6O/c1-16-14-9-5-8-13(15)12(14)10-11-6-3-2-4-7-11;1-2-3/h2-9H,10,15H2,1H3;3H,2H2,1H3. The van der Waals surface area contributed by atoms with E-state index in [4.69, 9.17) is 15.6 Å². The Bertz CT molecular complexity index is 483. The van der Waals surface area contributed by atoms with Gasteiger partial charge in [-0.15, -0.1) is 0 Å². The molecule has 0 aliphatic heterocycles. The van der Waals surface area contributed by atoms with Gasteiger partial charge in [-0.1, -0.05) is 36.4 Å². The molecule has 2 aromatic carbocycles. The van der Waals surface area contributed by atoms with Crippen molar-refractivity contribution in [2.75, 3.05) is 19.5 Å². The minimum atomic E-state index is 0.250. The minimum Gasteiger partial charge on any atom is -0.496 e. The maximum absolute atomic E-state index is 7.57. The number of aliphatic hydroxyl groups is 1. The fourth-order valence-electron chi connectivity index (χ4n) is 1.76. The van der Waals surface area contributed by atoms with Crippen LogP contribution in [-0.4, -0.2) is 18.8 Å². The van der Waals surface area contributed by atoms with Crippen LogP contribution in [0.5, 0.6) is 5.75 Å². The summed E-state index contributed by atoms with van der Waals surface area (Å²) in [5, 5.41) is 7.57. The Labute approximate surface area is 114 Å². The molecule has 3 N–H and O–H groups in total. The molecule has 2 rings (SSSR count). The van der Waals surface area contributed by atoms with Crippen molar-refractivity contribution in [3.8, 4) is 5.75 Å². The number of ether oxygens (including phenoxy) is 1. The van der Waals surface area contributed by atoms with Crippen LogP contribution in [0.15, 0.2) is 48.5 Å². The van der Waals surface area contributed by atoms with E-state index in [0.29, 0.717) is 0 Å². The van der Waals surface area contributed by atoms with Crippen LogP contribution in [0.3, 0.4) is 0 Å². The van der Waals surface area contributed by atoms with Crippen molar-refractivity contribution in [3.05, 3.63) is 59.7 Å². The zero-order valence-corrected chi connectivity index (χ0v) is 11.5. The van der Waals surface area contributed by atoms with E-state index in [1.165, 1.54) is 5.56 Å². The second-order valence-electron chi connectivity index (χ2n) is 4.01. The molecule has 0 amide bonds. The summed E-state index contributed by atoms with van der Waals surface area (Å²) in [5.74, 6) is 0.851. The predicted molar refractivity (Wildman–Crippen MR) is 79.4 cm³/mol. The first kappa shape index (κ1) is 15.1. The van der Waals surface area contributed by atoms with Crippen molar-refractivity contribution in [1.29, 1.82) is 0 Å². The molecule has 0 aliphatic rings. The van der Waals surface area contributed by atoms with Gasteiger partial charge < -0.3 is 15.6 Å². The predicted octanol–water partition coefficient (Wildman–Crippen LogP) is 2.87. The topological polar surface area (TPSA) is 55.5 Å². The summed E-state index contributed by atoms with van der Waals surface area (Å²) in [6.45, 7) is 1.93. The number of anilines is 1. The third kappa shape index (κ3) is 4.64. The van der Waals surface area contributed by atoms with Gasteiger partial charge in [-0.25, -0.2) is 0 Å². The van der Waals surface area contributed by atoms with Crippen molar-refractivity contribution in [2.45, 2.75) is 13.3 Å². The molecule has 0 aromatic heterocycles. The first-order valence-corrected chi connectivity index (χ1v) is 6.29. The maximum atomic E-state index is 7.57. The van der Waals surface area contributed by atoms with Crippen LogP contribution in [0.2, 0.25) is 0 Å². The third-order valence-corrected chi connectivity index (χ3v) is 2.61. The molecule has 3 heteroatoms. The second kappa shape index (κ2) is 8.16. The van der Waals surface area contributed by atoms with Gasteiger partial charge in [-0.2, -0.15) is 0 Å². The van der Waals surface area contributed by atoms with Gasteiger partial charge in [0.2, 0.25) is 0 Å². The number of nitrogens with two attached hydrogens (primary N) is 1. The lowest BCUT2D eigenvalue weighted by Gasteiger charge is -2.11.